The molecule has 1 amide bonds. The minimum atomic E-state index is 0.223. The number of nitrogens with one attached hydrogen (secondary N) is 1. The molecule has 0 atom stereocenters. The first-order valence-electron chi connectivity index (χ1n) is 7.21. The van der Waals surface area contributed by atoms with Gasteiger partial charge in [0.25, 0.3) is 0 Å². The molecule has 1 fully saturated rings. The van der Waals surface area contributed by atoms with E-state index in [0.717, 1.165) is 41.6 Å². The minimum Gasteiger partial charge on any atom is -0.380 e. The summed E-state index contributed by atoms with van der Waals surface area (Å²) in [6.45, 7) is 5.67. The maximum absolute atomic E-state index is 11.8. The molecule has 21 heavy (non-hydrogen) atoms. The van der Waals surface area contributed by atoms with E-state index in [9.17, 15) is 4.79 Å². The quantitative estimate of drug-likeness (QED) is 0.940. The monoisotopic (exact) mass is 301 g/mol. The van der Waals surface area contributed by atoms with Gasteiger partial charge in [-0.25, -0.2) is 4.98 Å². The third kappa shape index (κ3) is 3.08. The number of aromatic nitrogens is 1. The topological polar surface area (TPSA) is 45.2 Å². The van der Waals surface area contributed by atoms with Crippen LogP contribution in [0.4, 0.5) is 11.4 Å². The number of anilines is 2. The molecule has 1 aliphatic rings. The van der Waals surface area contributed by atoms with Crippen molar-refractivity contribution in [3.63, 3.8) is 0 Å². The van der Waals surface area contributed by atoms with Crippen LogP contribution in [0.2, 0.25) is 0 Å². The predicted octanol–water partition coefficient (Wildman–Crippen LogP) is 3.50. The molecule has 0 unspecified atom stereocenters. The second-order valence-electron chi connectivity index (χ2n) is 5.29. The van der Waals surface area contributed by atoms with Gasteiger partial charge in [0.15, 0.2) is 0 Å². The van der Waals surface area contributed by atoms with Gasteiger partial charge in [0.05, 0.1) is 17.2 Å². The van der Waals surface area contributed by atoms with Crippen LogP contribution in [0.3, 0.4) is 0 Å². The average molecular weight is 301 g/mol. The lowest BCUT2D eigenvalue weighted by molar-refractivity contribution is -0.117. The fourth-order valence-corrected chi connectivity index (χ4v) is 3.50. The zero-order valence-electron chi connectivity index (χ0n) is 12.3. The number of benzene rings is 1. The maximum Gasteiger partial charge on any atom is 0.227 e. The number of carbonyl (C=O) groups is 1. The van der Waals surface area contributed by atoms with E-state index >= 15 is 0 Å². The fraction of sp³-hybridized carbons (Fsp3) is 0.375. The molecule has 1 saturated heterocycles. The van der Waals surface area contributed by atoms with Gasteiger partial charge < -0.3 is 10.2 Å². The second-order valence-corrected chi connectivity index (χ2v) is 6.58. The fourth-order valence-electron chi connectivity index (χ4n) is 2.62. The Bertz CT molecular complexity index is 665. The number of thiazole rings is 1. The largest absolute Gasteiger partial charge is 0.380 e. The summed E-state index contributed by atoms with van der Waals surface area (Å²) in [5, 5.41) is 4.52. The van der Waals surface area contributed by atoms with E-state index in [1.54, 1.807) is 11.3 Å². The van der Waals surface area contributed by atoms with Crippen molar-refractivity contribution in [3.8, 4) is 0 Å². The molecule has 3 rings (SSSR count). The number of hydrogen-bond donors (Lipinski definition) is 1. The highest BCUT2D eigenvalue weighted by Gasteiger charge is 2.21. The molecule has 0 bridgehead atoms. The Morgan fingerprint density at radius 2 is 2.24 bits per heavy atom. The van der Waals surface area contributed by atoms with E-state index in [1.807, 2.05) is 43.0 Å². The molecule has 1 aromatic heterocycles. The molecule has 0 saturated carbocycles. The highest BCUT2D eigenvalue weighted by atomic mass is 32.1. The number of amides is 1. The van der Waals surface area contributed by atoms with Crippen molar-refractivity contribution in [2.45, 2.75) is 33.2 Å². The van der Waals surface area contributed by atoms with Gasteiger partial charge in [-0.1, -0.05) is 6.07 Å². The van der Waals surface area contributed by atoms with Gasteiger partial charge >= 0.3 is 0 Å². The Hall–Kier alpha value is -1.88. The summed E-state index contributed by atoms with van der Waals surface area (Å²) in [6, 6.07) is 8.07. The van der Waals surface area contributed by atoms with E-state index in [4.69, 9.17) is 0 Å². The summed E-state index contributed by atoms with van der Waals surface area (Å²) < 4.78 is 0. The van der Waals surface area contributed by atoms with Crippen LogP contribution >= 0.6 is 11.3 Å². The van der Waals surface area contributed by atoms with E-state index in [1.165, 1.54) is 4.88 Å². The molecule has 0 aliphatic carbocycles. The van der Waals surface area contributed by atoms with Crippen LogP contribution in [-0.4, -0.2) is 17.4 Å². The summed E-state index contributed by atoms with van der Waals surface area (Å²) in [6.07, 6.45) is 1.62. The van der Waals surface area contributed by atoms with Crippen LogP contribution in [0, 0.1) is 13.8 Å². The summed E-state index contributed by atoms with van der Waals surface area (Å²) in [5.74, 6) is 0.223. The maximum atomic E-state index is 11.8. The van der Waals surface area contributed by atoms with E-state index in [-0.39, 0.29) is 5.91 Å². The zero-order valence-corrected chi connectivity index (χ0v) is 13.2. The lowest BCUT2D eigenvalue weighted by Crippen LogP contribution is -2.23. The molecule has 1 aromatic carbocycles. The molecule has 5 heteroatoms. The lowest BCUT2D eigenvalue weighted by Gasteiger charge is -2.17. The van der Waals surface area contributed by atoms with Gasteiger partial charge in [-0.05, 0) is 38.5 Å². The van der Waals surface area contributed by atoms with Crippen LogP contribution in [-0.2, 0) is 11.3 Å². The van der Waals surface area contributed by atoms with Crippen molar-refractivity contribution in [1.29, 1.82) is 0 Å². The van der Waals surface area contributed by atoms with E-state index < -0.39 is 0 Å². The number of nitrogens with zero attached hydrogens (tertiary/aromatic N) is 2. The number of carbonyl (C=O) groups excluding carboxylic acids is 1. The molecule has 0 spiro atoms. The number of rotatable bonds is 4. The summed E-state index contributed by atoms with van der Waals surface area (Å²) >= 11 is 1.73. The highest BCUT2D eigenvalue weighted by Crippen LogP contribution is 2.25. The normalized spacial score (nSPS) is 14.8. The molecule has 1 aliphatic heterocycles. The third-order valence-electron chi connectivity index (χ3n) is 3.68. The van der Waals surface area contributed by atoms with Gasteiger partial charge in [0, 0.05) is 29.2 Å². The smallest absolute Gasteiger partial charge is 0.227 e. The van der Waals surface area contributed by atoms with Crippen LogP contribution in [0.15, 0.2) is 24.3 Å². The van der Waals surface area contributed by atoms with Crippen LogP contribution in [0.1, 0.15) is 28.4 Å². The first-order valence-corrected chi connectivity index (χ1v) is 8.02. The van der Waals surface area contributed by atoms with Crippen molar-refractivity contribution in [2.24, 2.45) is 0 Å². The summed E-state index contributed by atoms with van der Waals surface area (Å²) in [7, 11) is 0. The van der Waals surface area contributed by atoms with Crippen LogP contribution < -0.4 is 10.2 Å². The molecule has 0 radical (unpaired) electrons. The lowest BCUT2D eigenvalue weighted by atomic mass is 10.2. The standard InChI is InChI=1S/C16H19N3OS/c1-11-15(21-12(2)18-11)10-17-13-5-3-6-14(9-13)19-8-4-7-16(19)20/h3,5-6,9,17H,4,7-8,10H2,1-2H3. The minimum absolute atomic E-state index is 0.223. The van der Waals surface area contributed by atoms with Crippen molar-refractivity contribution < 1.29 is 4.79 Å². The van der Waals surface area contributed by atoms with Gasteiger partial charge in [-0.15, -0.1) is 11.3 Å². The molecule has 110 valence electrons. The Kier molecular flexibility index (Phi) is 3.92. The third-order valence-corrected chi connectivity index (χ3v) is 4.76. The average Bonchev–Trinajstić information content (AvgIpc) is 3.02. The number of aryl methyl sites for hydroxylation is 2. The van der Waals surface area contributed by atoms with E-state index in [2.05, 4.69) is 10.3 Å². The van der Waals surface area contributed by atoms with E-state index in [0.29, 0.717) is 6.42 Å². The molecule has 4 nitrogen and oxygen atoms in total. The molecular formula is C16H19N3OS. The van der Waals surface area contributed by atoms with Crippen molar-refractivity contribution in [3.05, 3.63) is 39.8 Å². The van der Waals surface area contributed by atoms with Gasteiger partial charge in [-0.3, -0.25) is 4.79 Å². The summed E-state index contributed by atoms with van der Waals surface area (Å²) in [5.41, 5.74) is 3.12. The van der Waals surface area contributed by atoms with Gasteiger partial charge in [-0.2, -0.15) is 0 Å². The SMILES string of the molecule is Cc1nc(C)c(CNc2cccc(N3CCCC3=O)c2)s1. The first kappa shape index (κ1) is 14.1. The predicted molar refractivity (Wildman–Crippen MR) is 86.9 cm³/mol. The van der Waals surface area contributed by atoms with Crippen molar-refractivity contribution in [2.75, 3.05) is 16.8 Å². The first-order chi connectivity index (χ1) is 10.1. The second kappa shape index (κ2) is 5.85. The molecule has 1 N–H and O–H groups in total. The Morgan fingerprint density at radius 3 is 2.90 bits per heavy atom. The van der Waals surface area contributed by atoms with Crippen LogP contribution in [0.25, 0.3) is 0 Å². The summed E-state index contributed by atoms with van der Waals surface area (Å²) in [4.78, 5) is 19.4. The Balaban J connectivity index is 1.71. The van der Waals surface area contributed by atoms with Gasteiger partial charge in [0.1, 0.15) is 0 Å². The molecular weight excluding hydrogens is 282 g/mol. The highest BCUT2D eigenvalue weighted by molar-refractivity contribution is 7.11. The van der Waals surface area contributed by atoms with Crippen molar-refractivity contribution >= 4 is 28.6 Å². The number of hydrogen-bond acceptors (Lipinski definition) is 4. The Morgan fingerprint density at radius 1 is 1.38 bits per heavy atom. The van der Waals surface area contributed by atoms with Crippen LogP contribution in [0.5, 0.6) is 0 Å². The zero-order chi connectivity index (χ0) is 14.8. The molecule has 2 heterocycles. The molecule has 2 aromatic rings. The Labute approximate surface area is 128 Å². The van der Waals surface area contributed by atoms with Crippen molar-refractivity contribution in [1.82, 2.24) is 4.98 Å². The van der Waals surface area contributed by atoms with Gasteiger partial charge in [0.2, 0.25) is 5.91 Å².